The molecule has 1 aliphatic heterocycles. The van der Waals surface area contributed by atoms with Crippen molar-refractivity contribution >= 4 is 15.4 Å². The largest absolute Gasteiger partial charge is 0.476 e. The molecule has 0 spiro atoms. The molecule has 0 aromatic rings. The Morgan fingerprint density at radius 3 is 2.22 bits per heavy atom. The molecule has 2 N–H and O–H groups in total. The standard InChI is InChI=1S/CH4O6P2/c2-8(1-6-8)7-9(3,4)5/h1H2,(H2,3,4,5). The van der Waals surface area contributed by atoms with Crippen LogP contribution >= 0.6 is 15.4 Å². The Balaban J connectivity index is 2.53. The van der Waals surface area contributed by atoms with Gasteiger partial charge >= 0.3 is 15.4 Å². The summed E-state index contributed by atoms with van der Waals surface area (Å²) in [7, 11) is -7.91. The van der Waals surface area contributed by atoms with Crippen molar-refractivity contribution in [1.82, 2.24) is 0 Å². The third kappa shape index (κ3) is 2.58. The maximum Gasteiger partial charge on any atom is 0.476 e. The first kappa shape index (κ1) is 7.41. The molecule has 1 saturated heterocycles. The van der Waals surface area contributed by atoms with E-state index >= 15 is 0 Å². The van der Waals surface area contributed by atoms with Crippen molar-refractivity contribution in [3.05, 3.63) is 0 Å². The zero-order chi connectivity index (χ0) is 7.12. The number of hydrogen-bond acceptors (Lipinski definition) is 4. The van der Waals surface area contributed by atoms with Gasteiger partial charge in [-0.15, -0.1) is 0 Å². The molecule has 9 heavy (non-hydrogen) atoms. The molecule has 1 rings (SSSR count). The first-order valence-electron chi connectivity index (χ1n) is 1.92. The van der Waals surface area contributed by atoms with Gasteiger partial charge in [0.1, 0.15) is 0 Å². The minimum absolute atomic E-state index is 0.196. The summed E-state index contributed by atoms with van der Waals surface area (Å²) in [6.07, 6.45) is -0.196. The smallest absolute Gasteiger partial charge is 0.302 e. The quantitative estimate of drug-likeness (QED) is 0.460. The molecule has 1 aliphatic rings. The second-order valence-electron chi connectivity index (χ2n) is 1.44. The normalized spacial score (nSPS) is 34.4. The van der Waals surface area contributed by atoms with Crippen LogP contribution in [0.4, 0.5) is 0 Å². The van der Waals surface area contributed by atoms with Gasteiger partial charge in [0.2, 0.25) is 0 Å². The van der Waals surface area contributed by atoms with Crippen LogP contribution in [0.3, 0.4) is 0 Å². The number of phosphoric acid groups is 1. The van der Waals surface area contributed by atoms with E-state index in [1.165, 1.54) is 0 Å². The van der Waals surface area contributed by atoms with Crippen molar-refractivity contribution in [3.8, 4) is 0 Å². The van der Waals surface area contributed by atoms with Gasteiger partial charge in [-0.2, -0.15) is 0 Å². The average molecular weight is 174 g/mol. The maximum absolute atomic E-state index is 10.4. The summed E-state index contributed by atoms with van der Waals surface area (Å²) in [6, 6.07) is 0. The van der Waals surface area contributed by atoms with Crippen molar-refractivity contribution in [3.63, 3.8) is 0 Å². The summed E-state index contributed by atoms with van der Waals surface area (Å²) in [4.78, 5) is 16.1. The van der Waals surface area contributed by atoms with Gasteiger partial charge in [0, 0.05) is 0 Å². The Kier molecular flexibility index (Phi) is 1.56. The molecule has 1 fully saturated rings. The molecule has 1 heterocycles. The molecule has 1 atom stereocenters. The molecule has 0 aliphatic carbocycles. The minimum atomic E-state index is -4.61. The van der Waals surface area contributed by atoms with E-state index in [2.05, 4.69) is 8.83 Å². The highest BCUT2D eigenvalue weighted by Gasteiger charge is 2.46. The van der Waals surface area contributed by atoms with Crippen LogP contribution in [0, 0.1) is 0 Å². The predicted octanol–water partition coefficient (Wildman–Crippen LogP) is 0.276. The van der Waals surface area contributed by atoms with E-state index in [9.17, 15) is 9.13 Å². The zero-order valence-electron chi connectivity index (χ0n) is 4.13. The van der Waals surface area contributed by atoms with Gasteiger partial charge in [-0.3, -0.25) is 9.09 Å². The van der Waals surface area contributed by atoms with Crippen LogP contribution in [-0.2, 0) is 18.0 Å². The molecule has 0 bridgehead atoms. The highest BCUT2D eigenvalue weighted by molar-refractivity contribution is 7.67. The first-order valence-corrected chi connectivity index (χ1v) is 5.18. The number of hydrogen-bond donors (Lipinski definition) is 2. The SMILES string of the molecule is O=P(O)(O)OP1(=O)CO1. The molecule has 0 amide bonds. The highest BCUT2D eigenvalue weighted by atomic mass is 31.3. The molecule has 54 valence electrons. The van der Waals surface area contributed by atoms with Gasteiger partial charge in [-0.1, -0.05) is 0 Å². The Morgan fingerprint density at radius 2 is 2.11 bits per heavy atom. The lowest BCUT2D eigenvalue weighted by Gasteiger charge is -1.97. The van der Waals surface area contributed by atoms with Gasteiger partial charge in [0.25, 0.3) is 0 Å². The Morgan fingerprint density at radius 1 is 1.67 bits per heavy atom. The zero-order valence-corrected chi connectivity index (χ0v) is 5.92. The minimum Gasteiger partial charge on any atom is -0.302 e. The highest BCUT2D eigenvalue weighted by Crippen LogP contribution is 2.70. The molecular weight excluding hydrogens is 170 g/mol. The fourth-order valence-corrected chi connectivity index (χ4v) is 2.31. The lowest BCUT2D eigenvalue weighted by atomic mass is 11.7. The lowest BCUT2D eigenvalue weighted by Crippen LogP contribution is -1.76. The molecule has 1 unspecified atom stereocenters. The van der Waals surface area contributed by atoms with E-state index in [-0.39, 0.29) is 6.35 Å². The fourth-order valence-electron chi connectivity index (χ4n) is 0.256. The third-order valence-electron chi connectivity index (χ3n) is 0.571. The van der Waals surface area contributed by atoms with Gasteiger partial charge in [0.15, 0.2) is 6.35 Å². The van der Waals surface area contributed by atoms with Gasteiger partial charge < -0.3 is 9.79 Å². The first-order chi connectivity index (χ1) is 3.91. The Labute approximate surface area is 50.6 Å². The van der Waals surface area contributed by atoms with Crippen molar-refractivity contribution < 1.29 is 27.8 Å². The van der Waals surface area contributed by atoms with Crippen LogP contribution in [-0.4, -0.2) is 16.1 Å². The Bertz CT molecular complexity index is 187. The molecular formula is CH4O6P2. The van der Waals surface area contributed by atoms with E-state index in [0.29, 0.717) is 0 Å². The van der Waals surface area contributed by atoms with E-state index in [1.54, 1.807) is 0 Å². The van der Waals surface area contributed by atoms with Gasteiger partial charge in [-0.05, 0) is 0 Å². The second-order valence-corrected chi connectivity index (χ2v) is 4.81. The van der Waals surface area contributed by atoms with Crippen LogP contribution in [0.25, 0.3) is 0 Å². The third-order valence-corrected chi connectivity index (χ3v) is 3.10. The predicted molar refractivity (Wildman–Crippen MR) is 26.7 cm³/mol. The van der Waals surface area contributed by atoms with Crippen LogP contribution in [0.1, 0.15) is 0 Å². The van der Waals surface area contributed by atoms with E-state index < -0.39 is 15.4 Å². The van der Waals surface area contributed by atoms with Crippen LogP contribution in [0.15, 0.2) is 0 Å². The van der Waals surface area contributed by atoms with E-state index in [4.69, 9.17) is 9.79 Å². The summed E-state index contributed by atoms with van der Waals surface area (Å²) in [5.74, 6) is 0. The Hall–Kier alpha value is 0.300. The molecule has 6 nitrogen and oxygen atoms in total. The molecule has 0 saturated carbocycles. The van der Waals surface area contributed by atoms with Crippen molar-refractivity contribution in [2.45, 2.75) is 0 Å². The topological polar surface area (TPSA) is 96.4 Å². The summed E-state index contributed by atoms with van der Waals surface area (Å²) in [6.45, 7) is 0. The summed E-state index contributed by atoms with van der Waals surface area (Å²) < 4.78 is 28.2. The van der Waals surface area contributed by atoms with Crippen molar-refractivity contribution in [2.75, 3.05) is 6.35 Å². The molecule has 0 aromatic heterocycles. The fraction of sp³-hybridized carbons (Fsp3) is 1.00. The lowest BCUT2D eigenvalue weighted by molar-refractivity contribution is 0.280. The van der Waals surface area contributed by atoms with Gasteiger partial charge in [-0.25, -0.2) is 8.88 Å². The molecule has 8 heteroatoms. The van der Waals surface area contributed by atoms with Crippen LogP contribution < -0.4 is 0 Å². The van der Waals surface area contributed by atoms with Crippen LogP contribution in [0.5, 0.6) is 0 Å². The monoisotopic (exact) mass is 174 g/mol. The average Bonchev–Trinajstić information content (AvgIpc) is 2.12. The second kappa shape index (κ2) is 1.89. The van der Waals surface area contributed by atoms with E-state index in [0.717, 1.165) is 0 Å². The molecule has 0 radical (unpaired) electrons. The van der Waals surface area contributed by atoms with Crippen molar-refractivity contribution in [1.29, 1.82) is 0 Å². The molecule has 0 aromatic carbocycles. The van der Waals surface area contributed by atoms with Crippen molar-refractivity contribution in [2.24, 2.45) is 0 Å². The maximum atomic E-state index is 10.4. The summed E-state index contributed by atoms with van der Waals surface area (Å²) >= 11 is 0. The summed E-state index contributed by atoms with van der Waals surface area (Å²) in [5.41, 5.74) is 0. The summed E-state index contributed by atoms with van der Waals surface area (Å²) in [5, 5.41) is 0. The number of rotatable bonds is 2. The van der Waals surface area contributed by atoms with E-state index in [1.807, 2.05) is 0 Å². The van der Waals surface area contributed by atoms with Gasteiger partial charge in [0.05, 0.1) is 0 Å². The van der Waals surface area contributed by atoms with Crippen LogP contribution in [0.2, 0.25) is 0 Å².